The molecule has 1 aromatic heterocycles. The van der Waals surface area contributed by atoms with Gasteiger partial charge >= 0.3 is 0 Å². The summed E-state index contributed by atoms with van der Waals surface area (Å²) < 4.78 is 5.98. The van der Waals surface area contributed by atoms with E-state index in [0.717, 1.165) is 19.4 Å². The van der Waals surface area contributed by atoms with E-state index in [0.29, 0.717) is 6.04 Å². The van der Waals surface area contributed by atoms with Crippen LogP contribution >= 0.6 is 11.3 Å². The smallest absolute Gasteiger partial charge is 0.0846 e. The minimum absolute atomic E-state index is 0.185. The van der Waals surface area contributed by atoms with Crippen molar-refractivity contribution in [3.8, 4) is 0 Å². The molecule has 0 spiro atoms. The van der Waals surface area contributed by atoms with Gasteiger partial charge in [0.2, 0.25) is 0 Å². The van der Waals surface area contributed by atoms with Crippen molar-refractivity contribution < 1.29 is 4.74 Å². The highest BCUT2D eigenvalue weighted by Crippen LogP contribution is 2.34. The number of aromatic nitrogens is 1. The second-order valence-electron chi connectivity index (χ2n) is 4.79. The molecule has 4 heteroatoms. The fourth-order valence-corrected chi connectivity index (χ4v) is 3.40. The molecule has 0 fully saturated rings. The van der Waals surface area contributed by atoms with Gasteiger partial charge in [-0.05, 0) is 31.0 Å². The summed E-state index contributed by atoms with van der Waals surface area (Å²) in [5, 5.41) is 3.37. The molecule has 19 heavy (non-hydrogen) atoms. The molecule has 3 rings (SSSR count). The first-order chi connectivity index (χ1) is 9.38. The van der Waals surface area contributed by atoms with Gasteiger partial charge in [-0.25, -0.2) is 0 Å². The predicted octanol–water partition coefficient (Wildman–Crippen LogP) is 3.11. The third-order valence-electron chi connectivity index (χ3n) is 3.69. The van der Waals surface area contributed by atoms with Gasteiger partial charge in [-0.2, -0.15) is 0 Å². The van der Waals surface area contributed by atoms with Gasteiger partial charge in [0.25, 0.3) is 0 Å². The number of rotatable bonds is 4. The lowest BCUT2D eigenvalue weighted by atomic mass is 9.93. The fraction of sp³-hybridized carbons (Fsp3) is 0.400. The first kappa shape index (κ1) is 12.8. The van der Waals surface area contributed by atoms with Crippen LogP contribution in [0.5, 0.6) is 0 Å². The molecule has 0 amide bonds. The number of ether oxygens (including phenoxy) is 1. The quantitative estimate of drug-likeness (QED) is 0.930. The third-order valence-corrected chi connectivity index (χ3v) is 4.57. The Bertz CT molecular complexity index is 527. The number of fused-ring (bicyclic) bond motifs is 1. The minimum Gasteiger partial charge on any atom is -0.373 e. The maximum atomic E-state index is 5.98. The summed E-state index contributed by atoms with van der Waals surface area (Å²) in [4.78, 5) is 5.44. The molecule has 1 aliphatic rings. The highest BCUT2D eigenvalue weighted by atomic mass is 32.1. The molecule has 0 radical (unpaired) electrons. The zero-order chi connectivity index (χ0) is 13.1. The topological polar surface area (TPSA) is 34.1 Å². The molecule has 2 unspecified atom stereocenters. The SMILES string of the molecule is CNC(CC1OCCc2ccccc21)c1cncs1. The van der Waals surface area contributed by atoms with Crippen molar-refractivity contribution in [2.24, 2.45) is 0 Å². The second kappa shape index (κ2) is 5.82. The lowest BCUT2D eigenvalue weighted by Gasteiger charge is -2.28. The van der Waals surface area contributed by atoms with Crippen molar-refractivity contribution in [2.75, 3.05) is 13.7 Å². The molecule has 2 atom stereocenters. The number of thiazole rings is 1. The van der Waals surface area contributed by atoms with E-state index in [9.17, 15) is 0 Å². The molecule has 0 aliphatic carbocycles. The number of hydrogen-bond donors (Lipinski definition) is 1. The monoisotopic (exact) mass is 274 g/mol. The minimum atomic E-state index is 0.185. The Kier molecular flexibility index (Phi) is 3.92. The standard InChI is InChI=1S/C15H18N2OS/c1-16-13(15-9-17-10-19-15)8-14-12-5-3-2-4-11(12)6-7-18-14/h2-5,9-10,13-14,16H,6-8H2,1H3. The molecule has 0 saturated heterocycles. The molecule has 2 heterocycles. The average Bonchev–Trinajstić information content (AvgIpc) is 2.99. The Labute approximate surface area is 117 Å². The summed E-state index contributed by atoms with van der Waals surface area (Å²) in [5.74, 6) is 0. The number of nitrogens with zero attached hydrogens (tertiary/aromatic N) is 1. The summed E-state index contributed by atoms with van der Waals surface area (Å²) in [6, 6.07) is 8.93. The van der Waals surface area contributed by atoms with E-state index < -0.39 is 0 Å². The highest BCUT2D eigenvalue weighted by molar-refractivity contribution is 7.09. The molecule has 1 aliphatic heterocycles. The van der Waals surface area contributed by atoms with Gasteiger partial charge in [0.05, 0.1) is 18.2 Å². The molecule has 0 bridgehead atoms. The summed E-state index contributed by atoms with van der Waals surface area (Å²) in [7, 11) is 2.00. The molecule has 2 aromatic rings. The van der Waals surface area contributed by atoms with Crippen molar-refractivity contribution >= 4 is 11.3 Å². The zero-order valence-electron chi connectivity index (χ0n) is 11.0. The molecule has 100 valence electrons. The summed E-state index contributed by atoms with van der Waals surface area (Å²) >= 11 is 1.70. The largest absolute Gasteiger partial charge is 0.373 e. The van der Waals surface area contributed by atoms with E-state index in [1.165, 1.54) is 16.0 Å². The average molecular weight is 274 g/mol. The van der Waals surface area contributed by atoms with Crippen molar-refractivity contribution in [1.29, 1.82) is 0 Å². The summed E-state index contributed by atoms with van der Waals surface area (Å²) in [6.07, 6.45) is 4.11. The normalized spacial score (nSPS) is 19.9. The molecular formula is C15H18N2OS. The van der Waals surface area contributed by atoms with Crippen LogP contribution in [0.4, 0.5) is 0 Å². The molecule has 1 N–H and O–H groups in total. The van der Waals surface area contributed by atoms with E-state index in [-0.39, 0.29) is 6.10 Å². The lowest BCUT2D eigenvalue weighted by molar-refractivity contribution is 0.0301. The van der Waals surface area contributed by atoms with E-state index in [1.54, 1.807) is 11.3 Å². The number of nitrogens with one attached hydrogen (secondary N) is 1. The van der Waals surface area contributed by atoms with Gasteiger partial charge in [-0.1, -0.05) is 24.3 Å². The van der Waals surface area contributed by atoms with Crippen molar-refractivity contribution in [3.63, 3.8) is 0 Å². The van der Waals surface area contributed by atoms with Gasteiger partial charge in [0, 0.05) is 17.1 Å². The number of benzene rings is 1. The van der Waals surface area contributed by atoms with Crippen LogP contribution in [0, 0.1) is 0 Å². The van der Waals surface area contributed by atoms with Crippen molar-refractivity contribution in [2.45, 2.75) is 25.0 Å². The first-order valence-corrected chi connectivity index (χ1v) is 7.51. The van der Waals surface area contributed by atoms with Crippen LogP contribution < -0.4 is 5.32 Å². The lowest BCUT2D eigenvalue weighted by Crippen LogP contribution is -2.23. The van der Waals surface area contributed by atoms with E-state index in [1.807, 2.05) is 18.8 Å². The maximum absolute atomic E-state index is 5.98. The van der Waals surface area contributed by atoms with Gasteiger partial charge in [0.15, 0.2) is 0 Å². The van der Waals surface area contributed by atoms with Crippen LogP contribution in [0.15, 0.2) is 36.0 Å². The van der Waals surface area contributed by atoms with E-state index in [2.05, 4.69) is 34.6 Å². The van der Waals surface area contributed by atoms with Gasteiger partial charge in [-0.15, -0.1) is 11.3 Å². The summed E-state index contributed by atoms with van der Waals surface area (Å²) in [5.41, 5.74) is 4.66. The van der Waals surface area contributed by atoms with Crippen LogP contribution in [0.1, 0.15) is 34.6 Å². The van der Waals surface area contributed by atoms with Crippen LogP contribution in [0.3, 0.4) is 0 Å². The zero-order valence-corrected chi connectivity index (χ0v) is 11.8. The predicted molar refractivity (Wildman–Crippen MR) is 77.4 cm³/mol. The van der Waals surface area contributed by atoms with Crippen LogP contribution in [-0.4, -0.2) is 18.6 Å². The van der Waals surface area contributed by atoms with Crippen molar-refractivity contribution in [3.05, 3.63) is 52.0 Å². The molecule has 1 aromatic carbocycles. The molecule has 3 nitrogen and oxygen atoms in total. The van der Waals surface area contributed by atoms with E-state index in [4.69, 9.17) is 4.74 Å². The van der Waals surface area contributed by atoms with Gasteiger partial charge in [-0.3, -0.25) is 4.98 Å². The molecule has 0 saturated carbocycles. The van der Waals surface area contributed by atoms with Gasteiger partial charge in [0.1, 0.15) is 0 Å². The fourth-order valence-electron chi connectivity index (χ4n) is 2.66. The molecular weight excluding hydrogens is 256 g/mol. The van der Waals surface area contributed by atoms with E-state index >= 15 is 0 Å². The van der Waals surface area contributed by atoms with Crippen LogP contribution in [0.2, 0.25) is 0 Å². The summed E-state index contributed by atoms with van der Waals surface area (Å²) in [6.45, 7) is 0.820. The Balaban J connectivity index is 1.80. The maximum Gasteiger partial charge on any atom is 0.0846 e. The van der Waals surface area contributed by atoms with Crippen molar-refractivity contribution in [1.82, 2.24) is 10.3 Å². The Morgan fingerprint density at radius 3 is 3.16 bits per heavy atom. The highest BCUT2D eigenvalue weighted by Gasteiger charge is 2.24. The third kappa shape index (κ3) is 2.71. The Morgan fingerprint density at radius 2 is 2.37 bits per heavy atom. The Hall–Kier alpha value is -1.23. The van der Waals surface area contributed by atoms with Crippen LogP contribution in [-0.2, 0) is 11.2 Å². The van der Waals surface area contributed by atoms with Gasteiger partial charge < -0.3 is 10.1 Å². The van der Waals surface area contributed by atoms with Crippen LogP contribution in [0.25, 0.3) is 0 Å². The first-order valence-electron chi connectivity index (χ1n) is 6.63. The Morgan fingerprint density at radius 1 is 1.47 bits per heavy atom. The number of hydrogen-bond acceptors (Lipinski definition) is 4. The second-order valence-corrected chi connectivity index (χ2v) is 5.71.